The van der Waals surface area contributed by atoms with Crippen LogP contribution in [0.5, 0.6) is 0 Å². The number of hydrogen-bond acceptors (Lipinski definition) is 3. The maximum atomic E-state index is 5.89. The molecule has 1 unspecified atom stereocenters. The van der Waals surface area contributed by atoms with E-state index in [1.165, 1.54) is 6.08 Å². The second-order valence-corrected chi connectivity index (χ2v) is 3.70. The van der Waals surface area contributed by atoms with Crippen LogP contribution in [0.4, 0.5) is 5.69 Å². The van der Waals surface area contributed by atoms with E-state index in [4.69, 9.17) is 46.3 Å². The Kier molecular flexibility index (Phi) is 3.61. The number of nitrogens with two attached hydrogens (primary N) is 2. The van der Waals surface area contributed by atoms with Gasteiger partial charge in [0.2, 0.25) is 0 Å². The summed E-state index contributed by atoms with van der Waals surface area (Å²) < 4.78 is 0. The molecule has 0 saturated carbocycles. The molecule has 1 atom stereocenters. The molecule has 0 spiro atoms. The maximum absolute atomic E-state index is 5.89. The van der Waals surface area contributed by atoms with Crippen LogP contribution in [0.1, 0.15) is 11.7 Å². The molecule has 0 fully saturated rings. The van der Waals surface area contributed by atoms with Gasteiger partial charge < -0.3 is 11.5 Å². The fourth-order valence-corrected chi connectivity index (χ4v) is 1.52. The third-order valence-corrected chi connectivity index (χ3v) is 2.82. The SMILES string of the molecule is C=CC(N)c1nc(Cl)c(Cl)c(N)c1Cl. The van der Waals surface area contributed by atoms with Crippen molar-refractivity contribution in [1.29, 1.82) is 0 Å². The highest BCUT2D eigenvalue weighted by atomic mass is 35.5. The Hall–Kier alpha value is -0.480. The molecule has 4 N–H and O–H groups in total. The first kappa shape index (κ1) is 11.6. The summed E-state index contributed by atoms with van der Waals surface area (Å²) in [5.74, 6) is 0. The van der Waals surface area contributed by atoms with Gasteiger partial charge in [-0.05, 0) is 0 Å². The minimum Gasteiger partial charge on any atom is -0.396 e. The second-order valence-electron chi connectivity index (χ2n) is 2.59. The normalized spacial score (nSPS) is 12.6. The van der Waals surface area contributed by atoms with Crippen molar-refractivity contribution in [3.8, 4) is 0 Å². The third-order valence-electron chi connectivity index (χ3n) is 1.67. The lowest BCUT2D eigenvalue weighted by Crippen LogP contribution is -2.11. The van der Waals surface area contributed by atoms with Crippen molar-refractivity contribution >= 4 is 40.5 Å². The van der Waals surface area contributed by atoms with Crippen LogP contribution < -0.4 is 11.5 Å². The lowest BCUT2D eigenvalue weighted by atomic mass is 10.2. The Morgan fingerprint density at radius 1 is 1.29 bits per heavy atom. The number of anilines is 1. The molecule has 76 valence electrons. The number of pyridine rings is 1. The van der Waals surface area contributed by atoms with Gasteiger partial charge in [-0.2, -0.15) is 0 Å². The highest BCUT2D eigenvalue weighted by Gasteiger charge is 2.16. The monoisotopic (exact) mass is 251 g/mol. The summed E-state index contributed by atoms with van der Waals surface area (Å²) in [5, 5.41) is 0.435. The van der Waals surface area contributed by atoms with Gasteiger partial charge in [0.25, 0.3) is 0 Å². The minimum atomic E-state index is -0.514. The molecule has 6 heteroatoms. The average molecular weight is 253 g/mol. The minimum absolute atomic E-state index is 0.0841. The molecule has 0 amide bonds. The fraction of sp³-hybridized carbons (Fsp3) is 0.125. The predicted molar refractivity (Wildman–Crippen MR) is 60.8 cm³/mol. The highest BCUT2D eigenvalue weighted by molar-refractivity contribution is 6.45. The summed E-state index contributed by atoms with van der Waals surface area (Å²) in [4.78, 5) is 3.93. The van der Waals surface area contributed by atoms with E-state index in [0.29, 0.717) is 5.69 Å². The topological polar surface area (TPSA) is 64.9 Å². The summed E-state index contributed by atoms with van der Waals surface area (Å²) in [7, 11) is 0. The molecule has 3 nitrogen and oxygen atoms in total. The van der Waals surface area contributed by atoms with E-state index < -0.39 is 6.04 Å². The van der Waals surface area contributed by atoms with E-state index >= 15 is 0 Å². The van der Waals surface area contributed by atoms with Gasteiger partial charge in [0, 0.05) is 0 Å². The van der Waals surface area contributed by atoms with Gasteiger partial charge in [-0.25, -0.2) is 4.98 Å². The van der Waals surface area contributed by atoms with E-state index in [-0.39, 0.29) is 20.9 Å². The van der Waals surface area contributed by atoms with Gasteiger partial charge in [-0.3, -0.25) is 0 Å². The van der Waals surface area contributed by atoms with Crippen LogP contribution in [-0.4, -0.2) is 4.98 Å². The molecule has 0 aliphatic rings. The zero-order valence-electron chi connectivity index (χ0n) is 7.10. The molecule has 1 heterocycles. The van der Waals surface area contributed by atoms with Crippen LogP contribution in [0, 0.1) is 0 Å². The molecule has 1 aromatic rings. The van der Waals surface area contributed by atoms with E-state index in [1.54, 1.807) is 0 Å². The first-order valence-electron chi connectivity index (χ1n) is 3.67. The van der Waals surface area contributed by atoms with Crippen molar-refractivity contribution in [3.05, 3.63) is 33.5 Å². The van der Waals surface area contributed by atoms with E-state index in [1.807, 2.05) is 0 Å². The van der Waals surface area contributed by atoms with Crippen LogP contribution >= 0.6 is 34.8 Å². The summed E-state index contributed by atoms with van der Waals surface area (Å²) >= 11 is 17.3. The maximum Gasteiger partial charge on any atom is 0.150 e. The van der Waals surface area contributed by atoms with E-state index in [9.17, 15) is 0 Å². The van der Waals surface area contributed by atoms with Gasteiger partial charge in [-0.1, -0.05) is 40.9 Å². The number of rotatable bonds is 2. The van der Waals surface area contributed by atoms with Gasteiger partial charge in [0.15, 0.2) is 0 Å². The molecule has 0 aliphatic carbocycles. The van der Waals surface area contributed by atoms with Crippen molar-refractivity contribution in [2.24, 2.45) is 5.73 Å². The summed E-state index contributed by atoms with van der Waals surface area (Å²) in [6.07, 6.45) is 1.48. The first-order valence-corrected chi connectivity index (χ1v) is 4.80. The van der Waals surface area contributed by atoms with E-state index in [2.05, 4.69) is 11.6 Å². The molecular weight excluding hydrogens is 244 g/mol. The molecule has 1 rings (SSSR count). The Labute approximate surface area is 96.6 Å². The number of halogens is 3. The van der Waals surface area contributed by atoms with Crippen molar-refractivity contribution in [1.82, 2.24) is 4.98 Å². The molecular formula is C8H8Cl3N3. The summed E-state index contributed by atoms with van der Waals surface area (Å²) in [5.41, 5.74) is 11.8. The number of aromatic nitrogens is 1. The number of hydrogen-bond donors (Lipinski definition) is 2. The summed E-state index contributed by atoms with van der Waals surface area (Å²) in [6.45, 7) is 3.52. The molecule has 1 aromatic heterocycles. The first-order chi connectivity index (χ1) is 6.49. The Bertz CT molecular complexity index is 379. The lowest BCUT2D eigenvalue weighted by molar-refractivity contribution is 0.866. The van der Waals surface area contributed by atoms with Crippen LogP contribution in [0.15, 0.2) is 12.7 Å². The van der Waals surface area contributed by atoms with Crippen LogP contribution in [0.2, 0.25) is 15.2 Å². The highest BCUT2D eigenvalue weighted by Crippen LogP contribution is 2.36. The van der Waals surface area contributed by atoms with Gasteiger partial charge in [0.1, 0.15) is 10.2 Å². The summed E-state index contributed by atoms with van der Waals surface area (Å²) in [6, 6.07) is -0.514. The zero-order chi connectivity index (χ0) is 10.9. The molecule has 0 aromatic carbocycles. The van der Waals surface area contributed by atoms with Gasteiger partial charge in [-0.15, -0.1) is 6.58 Å². The van der Waals surface area contributed by atoms with Gasteiger partial charge in [0.05, 0.1) is 22.4 Å². The molecule has 14 heavy (non-hydrogen) atoms. The second kappa shape index (κ2) is 4.36. The van der Waals surface area contributed by atoms with Gasteiger partial charge >= 0.3 is 0 Å². The zero-order valence-corrected chi connectivity index (χ0v) is 9.37. The van der Waals surface area contributed by atoms with E-state index in [0.717, 1.165) is 0 Å². The van der Waals surface area contributed by atoms with Crippen LogP contribution in [-0.2, 0) is 0 Å². The van der Waals surface area contributed by atoms with Crippen molar-refractivity contribution < 1.29 is 0 Å². The Balaban J connectivity index is 3.40. The molecule has 0 radical (unpaired) electrons. The Morgan fingerprint density at radius 2 is 1.86 bits per heavy atom. The Morgan fingerprint density at radius 3 is 2.36 bits per heavy atom. The molecule has 0 aliphatic heterocycles. The van der Waals surface area contributed by atoms with Crippen LogP contribution in [0.25, 0.3) is 0 Å². The third kappa shape index (κ3) is 1.96. The molecule has 0 bridgehead atoms. The number of nitrogen functional groups attached to an aromatic ring is 1. The number of nitrogens with zero attached hydrogens (tertiary/aromatic N) is 1. The average Bonchev–Trinajstić information content (AvgIpc) is 2.19. The quantitative estimate of drug-likeness (QED) is 0.628. The lowest BCUT2D eigenvalue weighted by Gasteiger charge is -2.11. The van der Waals surface area contributed by atoms with Crippen molar-refractivity contribution in [2.45, 2.75) is 6.04 Å². The van der Waals surface area contributed by atoms with Crippen molar-refractivity contribution in [2.75, 3.05) is 5.73 Å². The standard InChI is InChI=1S/C8H8Cl3N3/c1-2-3(12)7-4(9)6(13)5(10)8(11)14-7/h2-3H,1,12H2,(H2,13,14). The van der Waals surface area contributed by atoms with Crippen LogP contribution in [0.3, 0.4) is 0 Å². The smallest absolute Gasteiger partial charge is 0.150 e. The largest absolute Gasteiger partial charge is 0.396 e. The predicted octanol–water partition coefficient (Wildman–Crippen LogP) is 2.81. The fourth-order valence-electron chi connectivity index (χ4n) is 0.882. The molecule has 0 saturated heterocycles. The van der Waals surface area contributed by atoms with Crippen molar-refractivity contribution in [3.63, 3.8) is 0 Å².